The van der Waals surface area contributed by atoms with E-state index in [-0.39, 0.29) is 6.71 Å². The minimum atomic E-state index is -0.0309. The molecule has 276 valence electrons. The molecule has 13 aromatic rings. The molecular weight excluding hydrogens is 737 g/mol. The van der Waals surface area contributed by atoms with Gasteiger partial charge in [-0.15, -0.1) is 0 Å². The lowest BCUT2D eigenvalue weighted by molar-refractivity contribution is 0.668. The lowest BCUT2D eigenvalue weighted by Gasteiger charge is -2.36. The van der Waals surface area contributed by atoms with Gasteiger partial charge in [0.05, 0.1) is 0 Å². The van der Waals surface area contributed by atoms with Gasteiger partial charge in [0.15, 0.2) is 0 Å². The normalized spacial score (nSPS) is 13.3. The van der Waals surface area contributed by atoms with E-state index < -0.39 is 0 Å². The lowest BCUT2D eigenvalue weighted by atomic mass is 9.37. The van der Waals surface area contributed by atoms with Crippen molar-refractivity contribution in [3.05, 3.63) is 170 Å². The van der Waals surface area contributed by atoms with Crippen molar-refractivity contribution in [2.45, 2.75) is 0 Å². The molecule has 6 heteroatoms. The van der Waals surface area contributed by atoms with E-state index in [4.69, 9.17) is 17.7 Å². The van der Waals surface area contributed by atoms with E-state index in [0.717, 1.165) is 116 Å². The quantitative estimate of drug-likeness (QED) is 0.164. The summed E-state index contributed by atoms with van der Waals surface area (Å²) >= 11 is 0. The van der Waals surface area contributed by atoms with Crippen molar-refractivity contribution < 1.29 is 17.7 Å². The van der Waals surface area contributed by atoms with Gasteiger partial charge in [-0.05, 0) is 99.9 Å². The van der Waals surface area contributed by atoms with Gasteiger partial charge in [0.2, 0.25) is 6.71 Å². The van der Waals surface area contributed by atoms with Crippen LogP contribution in [0.5, 0.6) is 0 Å². The SMILES string of the molecule is c1ccc2c(c1)oc1cc(N3c4cc5oc6ccccc6c5cc4B4c5cc6c(cc5-c5cc(-c7ccc8oc9ccccc9c8c7)cc3c54)oc3ccccc36)ccc12. The maximum Gasteiger partial charge on any atom is 0.248 e. The van der Waals surface area contributed by atoms with Crippen molar-refractivity contribution in [3.63, 3.8) is 0 Å². The standard InChI is InChI=1S/C54H28BNO4/c1-5-13-46-32(9-1)36-19-18-31(24-51(36)58-46)56-44-28-53-40(35-12-4-8-16-49(35)60-53)26-43(44)55-42-25-39-34-11-3-7-15-48(34)59-52(39)27-37(42)41-22-30(23-45(56)54(41)55)29-17-20-50-38(21-29)33-10-2-6-14-47(33)57-50/h1-28H. The number of anilines is 3. The smallest absolute Gasteiger partial charge is 0.248 e. The highest BCUT2D eigenvalue weighted by atomic mass is 16.3. The van der Waals surface area contributed by atoms with Crippen LogP contribution < -0.4 is 21.3 Å². The minimum Gasteiger partial charge on any atom is -0.456 e. The van der Waals surface area contributed by atoms with Gasteiger partial charge in [-0.2, -0.15) is 0 Å². The second kappa shape index (κ2) is 11.0. The molecule has 0 radical (unpaired) electrons. The van der Waals surface area contributed by atoms with Crippen LogP contribution in [0.15, 0.2) is 188 Å². The number of hydrogen-bond acceptors (Lipinski definition) is 5. The molecule has 0 amide bonds. The largest absolute Gasteiger partial charge is 0.456 e. The van der Waals surface area contributed by atoms with E-state index in [1.165, 1.54) is 27.5 Å². The molecule has 0 N–H and O–H groups in total. The first-order chi connectivity index (χ1) is 29.7. The Morgan fingerprint density at radius 2 is 0.833 bits per heavy atom. The molecule has 2 aliphatic rings. The van der Waals surface area contributed by atoms with Gasteiger partial charge in [0.1, 0.15) is 44.7 Å². The van der Waals surface area contributed by atoms with Crippen molar-refractivity contribution in [1.82, 2.24) is 0 Å². The van der Waals surface area contributed by atoms with Gasteiger partial charge in [-0.3, -0.25) is 0 Å². The Bertz CT molecular complexity index is 4050. The van der Waals surface area contributed by atoms with Crippen LogP contribution in [-0.2, 0) is 0 Å². The number of rotatable bonds is 2. The van der Waals surface area contributed by atoms with Gasteiger partial charge < -0.3 is 22.6 Å². The average Bonchev–Trinajstić information content (AvgIpc) is 4.10. The number of fused-ring (bicyclic) bond motifs is 17. The van der Waals surface area contributed by atoms with Crippen LogP contribution in [0.2, 0.25) is 0 Å². The third kappa shape index (κ3) is 3.97. The summed E-state index contributed by atoms with van der Waals surface area (Å²) in [6.07, 6.45) is 0. The molecule has 0 aliphatic carbocycles. The molecule has 0 saturated carbocycles. The lowest BCUT2D eigenvalue weighted by Crippen LogP contribution is -2.54. The number of para-hydroxylation sites is 4. The molecule has 5 nitrogen and oxygen atoms in total. The molecule has 9 aromatic carbocycles. The molecule has 6 heterocycles. The van der Waals surface area contributed by atoms with E-state index >= 15 is 0 Å². The predicted octanol–water partition coefficient (Wildman–Crippen LogP) is 13.2. The molecule has 0 fully saturated rings. The minimum absolute atomic E-state index is 0.0309. The molecule has 0 bridgehead atoms. The Morgan fingerprint density at radius 3 is 1.50 bits per heavy atom. The molecule has 15 rings (SSSR count). The van der Waals surface area contributed by atoms with Crippen molar-refractivity contribution in [3.8, 4) is 22.3 Å². The number of nitrogens with zero attached hydrogens (tertiary/aromatic N) is 1. The zero-order chi connectivity index (χ0) is 38.8. The first-order valence-corrected chi connectivity index (χ1v) is 20.4. The zero-order valence-electron chi connectivity index (χ0n) is 31.8. The summed E-state index contributed by atoms with van der Waals surface area (Å²) in [6, 6.07) is 60.6. The fraction of sp³-hybridized carbons (Fsp3) is 0. The molecule has 60 heavy (non-hydrogen) atoms. The van der Waals surface area contributed by atoms with Crippen LogP contribution >= 0.6 is 0 Å². The van der Waals surface area contributed by atoms with Crippen LogP contribution in [0.4, 0.5) is 17.1 Å². The molecule has 4 aromatic heterocycles. The highest BCUT2D eigenvalue weighted by molar-refractivity contribution is 7.01. The van der Waals surface area contributed by atoms with Crippen LogP contribution in [-0.4, -0.2) is 6.71 Å². The van der Waals surface area contributed by atoms with E-state index in [9.17, 15) is 0 Å². The van der Waals surface area contributed by atoms with Gasteiger partial charge >= 0.3 is 0 Å². The van der Waals surface area contributed by atoms with E-state index in [1.807, 2.05) is 36.4 Å². The van der Waals surface area contributed by atoms with Gasteiger partial charge in [-0.25, -0.2) is 0 Å². The Morgan fingerprint density at radius 1 is 0.317 bits per heavy atom. The van der Waals surface area contributed by atoms with Crippen LogP contribution in [0.1, 0.15) is 0 Å². The molecule has 0 atom stereocenters. The fourth-order valence-electron chi connectivity index (χ4n) is 10.6. The third-order valence-electron chi connectivity index (χ3n) is 13.2. The van der Waals surface area contributed by atoms with Crippen LogP contribution in [0.3, 0.4) is 0 Å². The summed E-state index contributed by atoms with van der Waals surface area (Å²) in [7, 11) is 0. The second-order valence-corrected chi connectivity index (χ2v) is 16.4. The van der Waals surface area contributed by atoms with Crippen molar-refractivity contribution in [2.24, 2.45) is 0 Å². The van der Waals surface area contributed by atoms with E-state index in [2.05, 4.69) is 138 Å². The van der Waals surface area contributed by atoms with Gasteiger partial charge in [-0.1, -0.05) is 96.5 Å². The monoisotopic (exact) mass is 765 g/mol. The Balaban J connectivity index is 1.07. The Kier molecular flexibility index (Phi) is 5.67. The average molecular weight is 766 g/mol. The summed E-state index contributed by atoms with van der Waals surface area (Å²) in [6.45, 7) is -0.0309. The van der Waals surface area contributed by atoms with E-state index in [0.29, 0.717) is 0 Å². The van der Waals surface area contributed by atoms with E-state index in [1.54, 1.807) is 0 Å². The summed E-state index contributed by atoms with van der Waals surface area (Å²) in [5.74, 6) is 0. The summed E-state index contributed by atoms with van der Waals surface area (Å²) in [4.78, 5) is 2.44. The molecule has 0 unspecified atom stereocenters. The van der Waals surface area contributed by atoms with Crippen molar-refractivity contribution in [2.75, 3.05) is 4.90 Å². The van der Waals surface area contributed by atoms with Crippen LogP contribution in [0.25, 0.3) is 110 Å². The maximum absolute atomic E-state index is 6.64. The topological polar surface area (TPSA) is 55.8 Å². The molecular formula is C54H28BNO4. The van der Waals surface area contributed by atoms with Gasteiger partial charge in [0, 0.05) is 72.3 Å². The molecule has 0 spiro atoms. The Hall–Kier alpha value is -7.96. The van der Waals surface area contributed by atoms with Crippen molar-refractivity contribution in [1.29, 1.82) is 0 Å². The molecule has 0 saturated heterocycles. The summed E-state index contributed by atoms with van der Waals surface area (Å²) < 4.78 is 26.1. The number of benzene rings is 9. The summed E-state index contributed by atoms with van der Waals surface area (Å²) in [5, 5.41) is 8.90. The Labute approximate surface area is 341 Å². The number of furan rings is 4. The van der Waals surface area contributed by atoms with Gasteiger partial charge in [0.25, 0.3) is 0 Å². The first-order valence-electron chi connectivity index (χ1n) is 20.4. The third-order valence-corrected chi connectivity index (χ3v) is 13.2. The predicted molar refractivity (Wildman–Crippen MR) is 246 cm³/mol. The fourth-order valence-corrected chi connectivity index (χ4v) is 10.6. The second-order valence-electron chi connectivity index (χ2n) is 16.4. The van der Waals surface area contributed by atoms with Crippen molar-refractivity contribution >= 4 is 128 Å². The first kappa shape index (κ1) is 31.1. The maximum atomic E-state index is 6.64. The number of hydrogen-bond donors (Lipinski definition) is 0. The summed E-state index contributed by atoms with van der Waals surface area (Å²) in [5.41, 5.74) is 18.7. The highest BCUT2D eigenvalue weighted by Gasteiger charge is 2.44. The highest BCUT2D eigenvalue weighted by Crippen LogP contribution is 2.47. The van der Waals surface area contributed by atoms with Crippen LogP contribution in [0, 0.1) is 0 Å². The molecule has 2 aliphatic heterocycles. The zero-order valence-corrected chi connectivity index (χ0v) is 31.8.